The Morgan fingerprint density at radius 2 is 2.11 bits per heavy atom. The third kappa shape index (κ3) is 3.28. The van der Waals surface area contributed by atoms with Crippen molar-refractivity contribution in [3.63, 3.8) is 0 Å². The molecule has 1 saturated heterocycles. The van der Waals surface area contributed by atoms with E-state index in [9.17, 15) is 4.79 Å². The highest BCUT2D eigenvalue weighted by molar-refractivity contribution is 7.09. The van der Waals surface area contributed by atoms with Crippen LogP contribution in [-0.2, 0) is 24.2 Å². The fraction of sp³-hybridized carbons (Fsp3) is 0.476. The van der Waals surface area contributed by atoms with Gasteiger partial charge in [-0.1, -0.05) is 6.07 Å². The van der Waals surface area contributed by atoms with Crippen LogP contribution >= 0.6 is 11.3 Å². The molecule has 3 aromatic heterocycles. The second kappa shape index (κ2) is 7.54. The van der Waals surface area contributed by atoms with Crippen molar-refractivity contribution < 1.29 is 4.79 Å². The number of piperidine rings is 1. The van der Waals surface area contributed by atoms with Crippen molar-refractivity contribution in [2.45, 2.75) is 45.1 Å². The van der Waals surface area contributed by atoms with E-state index in [-0.39, 0.29) is 11.8 Å². The van der Waals surface area contributed by atoms with Crippen molar-refractivity contribution in [3.8, 4) is 0 Å². The molecule has 1 N–H and O–H groups in total. The molecule has 0 aromatic carbocycles. The zero-order chi connectivity index (χ0) is 18.9. The SMILES string of the molecule is O=C(NCc1cccs1)C1CCN(c2nccn3nc4c(c23)CCCC4)CC1. The van der Waals surface area contributed by atoms with Crippen LogP contribution in [0.5, 0.6) is 0 Å². The number of carbonyl (C=O) groups excluding carboxylic acids is 1. The second-order valence-electron chi connectivity index (χ2n) is 7.73. The number of aryl methyl sites for hydroxylation is 2. The highest BCUT2D eigenvalue weighted by atomic mass is 32.1. The number of aromatic nitrogens is 3. The van der Waals surface area contributed by atoms with Crippen LogP contribution in [0.2, 0.25) is 0 Å². The van der Waals surface area contributed by atoms with Crippen molar-refractivity contribution >= 4 is 28.6 Å². The molecule has 2 aliphatic rings. The maximum absolute atomic E-state index is 12.5. The van der Waals surface area contributed by atoms with E-state index in [2.05, 4.69) is 16.3 Å². The van der Waals surface area contributed by atoms with E-state index in [0.29, 0.717) is 6.54 Å². The average molecular weight is 396 g/mol. The van der Waals surface area contributed by atoms with Gasteiger partial charge in [0.15, 0.2) is 5.82 Å². The predicted molar refractivity (Wildman–Crippen MR) is 111 cm³/mol. The number of nitrogens with one attached hydrogen (secondary N) is 1. The van der Waals surface area contributed by atoms with Gasteiger partial charge in [0, 0.05) is 41.8 Å². The minimum atomic E-state index is 0.0924. The molecule has 1 aliphatic carbocycles. The van der Waals surface area contributed by atoms with E-state index >= 15 is 0 Å². The van der Waals surface area contributed by atoms with Crippen LogP contribution in [0.3, 0.4) is 0 Å². The lowest BCUT2D eigenvalue weighted by atomic mass is 9.94. The van der Waals surface area contributed by atoms with Gasteiger partial charge >= 0.3 is 0 Å². The number of amides is 1. The van der Waals surface area contributed by atoms with Crippen LogP contribution in [0, 0.1) is 5.92 Å². The number of fused-ring (bicyclic) bond motifs is 3. The average Bonchev–Trinajstić information content (AvgIpc) is 3.39. The summed E-state index contributed by atoms with van der Waals surface area (Å²) < 4.78 is 2.01. The van der Waals surface area contributed by atoms with E-state index in [1.807, 2.05) is 28.4 Å². The van der Waals surface area contributed by atoms with Gasteiger partial charge in [0.2, 0.25) is 5.91 Å². The quantitative estimate of drug-likeness (QED) is 0.737. The number of rotatable bonds is 4. The predicted octanol–water partition coefficient (Wildman–Crippen LogP) is 3.20. The number of thiophene rings is 1. The summed E-state index contributed by atoms with van der Waals surface area (Å²) in [6, 6.07) is 4.08. The summed E-state index contributed by atoms with van der Waals surface area (Å²) in [5, 5.41) is 9.93. The van der Waals surface area contributed by atoms with Crippen LogP contribution in [0.4, 0.5) is 5.82 Å². The molecule has 0 unspecified atom stereocenters. The molecule has 0 atom stereocenters. The van der Waals surface area contributed by atoms with Gasteiger partial charge in [0.05, 0.1) is 12.2 Å². The fourth-order valence-electron chi connectivity index (χ4n) is 4.46. The zero-order valence-corrected chi connectivity index (χ0v) is 16.7. The van der Waals surface area contributed by atoms with Gasteiger partial charge in [-0.2, -0.15) is 5.10 Å². The molecule has 0 spiro atoms. The van der Waals surface area contributed by atoms with Gasteiger partial charge in [-0.15, -0.1) is 11.3 Å². The first-order chi connectivity index (χ1) is 13.8. The minimum absolute atomic E-state index is 0.0924. The van der Waals surface area contributed by atoms with Crippen LogP contribution in [0.15, 0.2) is 29.9 Å². The lowest BCUT2D eigenvalue weighted by molar-refractivity contribution is -0.125. The molecule has 28 heavy (non-hydrogen) atoms. The molecule has 146 valence electrons. The fourth-order valence-corrected chi connectivity index (χ4v) is 5.11. The van der Waals surface area contributed by atoms with Crippen LogP contribution < -0.4 is 10.2 Å². The number of nitrogens with zero attached hydrogens (tertiary/aromatic N) is 4. The van der Waals surface area contributed by atoms with E-state index < -0.39 is 0 Å². The van der Waals surface area contributed by atoms with Gasteiger partial charge in [-0.25, -0.2) is 9.50 Å². The maximum atomic E-state index is 12.5. The third-order valence-electron chi connectivity index (χ3n) is 5.98. The van der Waals surface area contributed by atoms with E-state index in [4.69, 9.17) is 10.1 Å². The number of carbonyl (C=O) groups is 1. The number of hydrogen-bond donors (Lipinski definition) is 1. The topological polar surface area (TPSA) is 62.5 Å². The van der Waals surface area contributed by atoms with Crippen molar-refractivity contribution in [2.24, 2.45) is 5.92 Å². The molecule has 3 aromatic rings. The molecule has 1 aliphatic heterocycles. The zero-order valence-electron chi connectivity index (χ0n) is 15.9. The first-order valence-corrected chi connectivity index (χ1v) is 11.1. The molecule has 1 fully saturated rings. The highest BCUT2D eigenvalue weighted by Crippen LogP contribution is 2.32. The molecule has 0 radical (unpaired) electrons. The largest absolute Gasteiger partial charge is 0.355 e. The van der Waals surface area contributed by atoms with Crippen molar-refractivity contribution in [1.29, 1.82) is 0 Å². The summed E-state index contributed by atoms with van der Waals surface area (Å²) in [6.45, 7) is 2.37. The van der Waals surface area contributed by atoms with Gasteiger partial charge in [-0.3, -0.25) is 4.79 Å². The number of anilines is 1. The maximum Gasteiger partial charge on any atom is 0.223 e. The van der Waals surface area contributed by atoms with Gasteiger partial charge in [0.25, 0.3) is 0 Å². The highest BCUT2D eigenvalue weighted by Gasteiger charge is 2.28. The molecule has 5 rings (SSSR count). The summed E-state index contributed by atoms with van der Waals surface area (Å²) in [6.07, 6.45) is 10.2. The summed E-state index contributed by atoms with van der Waals surface area (Å²) in [4.78, 5) is 20.8. The standard InChI is InChI=1S/C21H25N5OS/c27-21(23-14-16-4-3-13-28-16)15-7-10-25(11-8-15)20-19-17-5-1-2-6-18(17)24-26(19)12-9-22-20/h3-4,9,12-13,15H,1-2,5-8,10-11,14H2,(H,23,27). The Morgan fingerprint density at radius 1 is 1.25 bits per heavy atom. The van der Waals surface area contributed by atoms with Gasteiger partial charge in [0.1, 0.15) is 5.52 Å². The lowest BCUT2D eigenvalue weighted by Gasteiger charge is -2.32. The lowest BCUT2D eigenvalue weighted by Crippen LogP contribution is -2.40. The van der Waals surface area contributed by atoms with Crippen LogP contribution in [0.1, 0.15) is 41.8 Å². The Hall–Kier alpha value is -2.41. The van der Waals surface area contributed by atoms with Crippen LogP contribution in [-0.4, -0.2) is 33.6 Å². The summed E-state index contributed by atoms with van der Waals surface area (Å²) >= 11 is 1.68. The van der Waals surface area contributed by atoms with E-state index in [1.165, 1.54) is 34.5 Å². The minimum Gasteiger partial charge on any atom is -0.355 e. The molecule has 4 heterocycles. The molecule has 0 bridgehead atoms. The summed E-state index contributed by atoms with van der Waals surface area (Å²) in [5.74, 6) is 1.31. The molecule has 1 amide bonds. The van der Waals surface area contributed by atoms with Gasteiger partial charge in [-0.05, 0) is 50.0 Å². The van der Waals surface area contributed by atoms with E-state index in [1.54, 1.807) is 11.3 Å². The molecule has 0 saturated carbocycles. The Bertz CT molecular complexity index is 972. The summed E-state index contributed by atoms with van der Waals surface area (Å²) in [5.41, 5.74) is 3.80. The normalized spacial score (nSPS) is 17.6. The van der Waals surface area contributed by atoms with Crippen molar-refractivity contribution in [2.75, 3.05) is 18.0 Å². The first-order valence-electron chi connectivity index (χ1n) is 10.2. The summed E-state index contributed by atoms with van der Waals surface area (Å²) in [7, 11) is 0. The van der Waals surface area contributed by atoms with Crippen molar-refractivity contribution in [3.05, 3.63) is 46.0 Å². The molecule has 7 heteroatoms. The molecular formula is C21H25N5OS. The number of hydrogen-bond acceptors (Lipinski definition) is 5. The second-order valence-corrected chi connectivity index (χ2v) is 8.77. The Labute approximate surface area is 168 Å². The monoisotopic (exact) mass is 395 g/mol. The first kappa shape index (κ1) is 17.7. The third-order valence-corrected chi connectivity index (χ3v) is 6.86. The van der Waals surface area contributed by atoms with E-state index in [0.717, 1.165) is 44.6 Å². The molecule has 6 nitrogen and oxygen atoms in total. The Kier molecular flexibility index (Phi) is 4.76. The van der Waals surface area contributed by atoms with Crippen LogP contribution in [0.25, 0.3) is 5.52 Å². The molecular weight excluding hydrogens is 370 g/mol. The van der Waals surface area contributed by atoms with Crippen molar-refractivity contribution in [1.82, 2.24) is 19.9 Å². The Morgan fingerprint density at radius 3 is 2.93 bits per heavy atom. The smallest absolute Gasteiger partial charge is 0.223 e. The Balaban J connectivity index is 1.28. The van der Waals surface area contributed by atoms with Gasteiger partial charge < -0.3 is 10.2 Å².